The van der Waals surface area contributed by atoms with Crippen LogP contribution in [0.15, 0.2) is 42.5 Å². The van der Waals surface area contributed by atoms with Crippen LogP contribution in [0, 0.1) is 0 Å². The molecule has 0 radical (unpaired) electrons. The summed E-state index contributed by atoms with van der Waals surface area (Å²) >= 11 is 12.2. The minimum atomic E-state index is 0.0463. The van der Waals surface area contributed by atoms with Gasteiger partial charge in [-0.25, -0.2) is 0 Å². The number of aliphatic hydroxyl groups is 1. The molecular formula is C15H15Cl2NO. The summed E-state index contributed by atoms with van der Waals surface area (Å²) in [6.07, 6.45) is 0. The zero-order valence-corrected chi connectivity index (χ0v) is 11.9. The minimum Gasteiger partial charge on any atom is -0.392 e. The Morgan fingerprint density at radius 2 is 1.47 bits per heavy atom. The van der Waals surface area contributed by atoms with Crippen molar-refractivity contribution >= 4 is 23.2 Å². The van der Waals surface area contributed by atoms with Crippen molar-refractivity contribution in [2.24, 2.45) is 0 Å². The van der Waals surface area contributed by atoms with Crippen LogP contribution in [0.1, 0.15) is 16.7 Å². The first-order chi connectivity index (χ1) is 9.22. The summed E-state index contributed by atoms with van der Waals surface area (Å²) in [5, 5.41) is 13.9. The SMILES string of the molecule is OCc1ccccc1CNCc1c(Cl)cccc1Cl. The Bertz CT molecular complexity index is 537. The molecule has 0 aliphatic rings. The third-order valence-corrected chi connectivity index (χ3v) is 3.68. The van der Waals surface area contributed by atoms with Crippen LogP contribution < -0.4 is 5.32 Å². The number of aliphatic hydroxyl groups excluding tert-OH is 1. The lowest BCUT2D eigenvalue weighted by atomic mass is 10.1. The fraction of sp³-hybridized carbons (Fsp3) is 0.200. The molecule has 0 saturated heterocycles. The third-order valence-electron chi connectivity index (χ3n) is 2.97. The summed E-state index contributed by atoms with van der Waals surface area (Å²) in [6.45, 7) is 1.31. The highest BCUT2D eigenvalue weighted by atomic mass is 35.5. The van der Waals surface area contributed by atoms with Crippen LogP contribution in [0.4, 0.5) is 0 Å². The molecular weight excluding hydrogens is 281 g/mol. The maximum Gasteiger partial charge on any atom is 0.0685 e. The molecule has 0 spiro atoms. The molecule has 0 aromatic heterocycles. The quantitative estimate of drug-likeness (QED) is 0.880. The second kappa shape index (κ2) is 6.92. The normalized spacial score (nSPS) is 10.7. The van der Waals surface area contributed by atoms with E-state index in [9.17, 15) is 5.11 Å². The molecule has 0 amide bonds. The average molecular weight is 296 g/mol. The Hall–Kier alpha value is -1.06. The highest BCUT2D eigenvalue weighted by Crippen LogP contribution is 2.24. The van der Waals surface area contributed by atoms with E-state index in [4.69, 9.17) is 23.2 Å². The van der Waals surface area contributed by atoms with E-state index in [-0.39, 0.29) is 6.61 Å². The van der Waals surface area contributed by atoms with Gasteiger partial charge in [0.25, 0.3) is 0 Å². The Balaban J connectivity index is 2.00. The Morgan fingerprint density at radius 1 is 0.842 bits per heavy atom. The molecule has 2 aromatic rings. The van der Waals surface area contributed by atoms with Crippen LogP contribution in [0.3, 0.4) is 0 Å². The van der Waals surface area contributed by atoms with E-state index in [0.29, 0.717) is 23.1 Å². The lowest BCUT2D eigenvalue weighted by molar-refractivity contribution is 0.280. The largest absolute Gasteiger partial charge is 0.392 e. The third kappa shape index (κ3) is 3.71. The maximum absolute atomic E-state index is 9.25. The van der Waals surface area contributed by atoms with Gasteiger partial charge in [0.05, 0.1) is 6.61 Å². The van der Waals surface area contributed by atoms with Gasteiger partial charge in [-0.2, -0.15) is 0 Å². The first-order valence-electron chi connectivity index (χ1n) is 6.03. The van der Waals surface area contributed by atoms with Crippen LogP contribution in [0.5, 0.6) is 0 Å². The van der Waals surface area contributed by atoms with E-state index >= 15 is 0 Å². The van der Waals surface area contributed by atoms with Crippen LogP contribution in [-0.2, 0) is 19.7 Å². The zero-order chi connectivity index (χ0) is 13.7. The van der Waals surface area contributed by atoms with Crippen molar-refractivity contribution in [2.45, 2.75) is 19.7 Å². The van der Waals surface area contributed by atoms with Gasteiger partial charge in [-0.1, -0.05) is 53.5 Å². The molecule has 0 saturated carbocycles. The maximum atomic E-state index is 9.25. The lowest BCUT2D eigenvalue weighted by Crippen LogP contribution is -2.14. The summed E-state index contributed by atoms with van der Waals surface area (Å²) in [7, 11) is 0. The number of hydrogen-bond acceptors (Lipinski definition) is 2. The van der Waals surface area contributed by atoms with Gasteiger partial charge in [0.15, 0.2) is 0 Å². The molecule has 100 valence electrons. The molecule has 4 heteroatoms. The molecule has 2 nitrogen and oxygen atoms in total. The molecule has 0 fully saturated rings. The van der Waals surface area contributed by atoms with Crippen LogP contribution in [-0.4, -0.2) is 5.11 Å². The monoisotopic (exact) mass is 295 g/mol. The van der Waals surface area contributed by atoms with E-state index in [2.05, 4.69) is 5.32 Å². The lowest BCUT2D eigenvalue weighted by Gasteiger charge is -2.11. The van der Waals surface area contributed by atoms with Crippen LogP contribution in [0.2, 0.25) is 10.0 Å². The van der Waals surface area contributed by atoms with Gasteiger partial charge in [0.1, 0.15) is 0 Å². The summed E-state index contributed by atoms with van der Waals surface area (Å²) < 4.78 is 0. The fourth-order valence-electron chi connectivity index (χ4n) is 1.91. The van der Waals surface area contributed by atoms with Gasteiger partial charge >= 0.3 is 0 Å². The summed E-state index contributed by atoms with van der Waals surface area (Å²) in [5.41, 5.74) is 2.90. The first kappa shape index (κ1) is 14.4. The van der Waals surface area contributed by atoms with E-state index in [0.717, 1.165) is 16.7 Å². The predicted molar refractivity (Wildman–Crippen MR) is 79.4 cm³/mol. The van der Waals surface area contributed by atoms with Gasteiger partial charge in [-0.15, -0.1) is 0 Å². The van der Waals surface area contributed by atoms with Gasteiger partial charge in [0.2, 0.25) is 0 Å². The standard InChI is InChI=1S/C15H15Cl2NO/c16-14-6-3-7-15(17)13(14)9-18-8-11-4-1-2-5-12(11)10-19/h1-7,18-19H,8-10H2. The molecule has 19 heavy (non-hydrogen) atoms. The summed E-state index contributed by atoms with van der Waals surface area (Å²) in [5.74, 6) is 0. The van der Waals surface area contributed by atoms with Gasteiger partial charge in [-0.3, -0.25) is 0 Å². The number of benzene rings is 2. The molecule has 0 aliphatic carbocycles. The number of nitrogens with one attached hydrogen (secondary N) is 1. The predicted octanol–water partition coefficient (Wildman–Crippen LogP) is 3.78. The summed E-state index contributed by atoms with van der Waals surface area (Å²) in [4.78, 5) is 0. The van der Waals surface area contributed by atoms with E-state index < -0.39 is 0 Å². The zero-order valence-electron chi connectivity index (χ0n) is 10.4. The Morgan fingerprint density at radius 3 is 2.11 bits per heavy atom. The number of halogens is 2. The van der Waals surface area contributed by atoms with Crippen molar-refractivity contribution < 1.29 is 5.11 Å². The highest BCUT2D eigenvalue weighted by Gasteiger charge is 2.05. The fourth-order valence-corrected chi connectivity index (χ4v) is 2.44. The highest BCUT2D eigenvalue weighted by molar-refractivity contribution is 6.35. The second-order valence-electron chi connectivity index (χ2n) is 4.23. The van der Waals surface area contributed by atoms with Gasteiger partial charge in [-0.05, 0) is 23.3 Å². The van der Waals surface area contributed by atoms with Crippen molar-refractivity contribution in [3.8, 4) is 0 Å². The molecule has 2 rings (SSSR count). The molecule has 2 aromatic carbocycles. The van der Waals surface area contributed by atoms with E-state index in [1.54, 1.807) is 0 Å². The molecule has 0 atom stereocenters. The topological polar surface area (TPSA) is 32.3 Å². The Labute approximate surface area is 123 Å². The molecule has 0 unspecified atom stereocenters. The number of hydrogen-bond donors (Lipinski definition) is 2. The van der Waals surface area contributed by atoms with E-state index in [1.807, 2.05) is 42.5 Å². The van der Waals surface area contributed by atoms with Crippen molar-refractivity contribution in [3.05, 3.63) is 69.2 Å². The summed E-state index contributed by atoms with van der Waals surface area (Å²) in [6, 6.07) is 13.3. The van der Waals surface area contributed by atoms with Crippen molar-refractivity contribution in [1.82, 2.24) is 5.32 Å². The van der Waals surface area contributed by atoms with Crippen molar-refractivity contribution in [1.29, 1.82) is 0 Å². The average Bonchev–Trinajstić information content (AvgIpc) is 2.42. The molecule has 0 bridgehead atoms. The molecule has 2 N–H and O–H groups in total. The molecule has 0 heterocycles. The van der Waals surface area contributed by atoms with Gasteiger partial charge in [0, 0.05) is 28.7 Å². The van der Waals surface area contributed by atoms with Crippen LogP contribution in [0.25, 0.3) is 0 Å². The second-order valence-corrected chi connectivity index (χ2v) is 5.04. The van der Waals surface area contributed by atoms with E-state index in [1.165, 1.54) is 0 Å². The Kier molecular flexibility index (Phi) is 5.23. The molecule has 0 aliphatic heterocycles. The van der Waals surface area contributed by atoms with Crippen molar-refractivity contribution in [3.63, 3.8) is 0 Å². The smallest absolute Gasteiger partial charge is 0.0685 e. The van der Waals surface area contributed by atoms with Crippen LogP contribution >= 0.6 is 23.2 Å². The van der Waals surface area contributed by atoms with Crippen molar-refractivity contribution in [2.75, 3.05) is 0 Å². The first-order valence-corrected chi connectivity index (χ1v) is 6.79. The number of rotatable bonds is 5. The minimum absolute atomic E-state index is 0.0463. The van der Waals surface area contributed by atoms with Gasteiger partial charge < -0.3 is 10.4 Å².